The number of carbonyl (C=O) groups is 2. The molecule has 2 bridgehead atoms. The highest BCUT2D eigenvalue weighted by atomic mass is 16.5. The first kappa shape index (κ1) is 11.1. The molecule has 5 nitrogen and oxygen atoms in total. The van der Waals surface area contributed by atoms with Crippen molar-refractivity contribution in [3.05, 3.63) is 29.8 Å². The Kier molecular flexibility index (Phi) is 2.14. The second-order valence-electron chi connectivity index (χ2n) is 4.99. The maximum atomic E-state index is 11.9. The average Bonchev–Trinajstić information content (AvgIpc) is 2.26. The summed E-state index contributed by atoms with van der Waals surface area (Å²) in [5.41, 5.74) is -0.000532. The number of carboxylic acid groups (broad SMARTS) is 1. The van der Waals surface area contributed by atoms with Crippen LogP contribution in [0.1, 0.15) is 24.8 Å². The van der Waals surface area contributed by atoms with E-state index in [4.69, 9.17) is 4.74 Å². The van der Waals surface area contributed by atoms with Gasteiger partial charge in [-0.3, -0.25) is 9.59 Å². The van der Waals surface area contributed by atoms with Gasteiger partial charge in [0.05, 0.1) is 0 Å². The number of fused-ring (bicyclic) bond motifs is 4. The van der Waals surface area contributed by atoms with E-state index in [-0.39, 0.29) is 5.92 Å². The first-order valence-corrected chi connectivity index (χ1v) is 5.83. The number of hydrogen-bond donors (Lipinski definition) is 2. The van der Waals surface area contributed by atoms with Gasteiger partial charge in [0, 0.05) is 12.3 Å². The normalized spacial score (nSPS) is 33.1. The van der Waals surface area contributed by atoms with E-state index >= 15 is 0 Å². The van der Waals surface area contributed by atoms with Gasteiger partial charge in [0.15, 0.2) is 5.72 Å². The lowest BCUT2D eigenvalue weighted by molar-refractivity contribution is -0.156. The zero-order chi connectivity index (χ0) is 12.9. The monoisotopic (exact) mass is 247 g/mol. The number of hydrogen-bond acceptors (Lipinski definition) is 3. The molecule has 2 heterocycles. The van der Waals surface area contributed by atoms with Gasteiger partial charge >= 0.3 is 5.97 Å². The van der Waals surface area contributed by atoms with Crippen molar-refractivity contribution in [3.8, 4) is 5.75 Å². The Morgan fingerprint density at radius 3 is 2.94 bits per heavy atom. The standard InChI is InChI=1S/C13H13NO4/c1-13-6-8(10(12(16)17)11(15)14-13)7-4-2-3-5-9(7)18-13/h2-5,8,10H,6H2,1H3,(H,14,15)(H,16,17)/t8-,10+,13+/m1/s1. The van der Waals surface area contributed by atoms with E-state index < -0.39 is 23.5 Å². The molecule has 1 saturated heterocycles. The third kappa shape index (κ3) is 1.47. The summed E-state index contributed by atoms with van der Waals surface area (Å²) in [6, 6.07) is 7.29. The highest BCUT2D eigenvalue weighted by molar-refractivity contribution is 5.99. The van der Waals surface area contributed by atoms with Crippen molar-refractivity contribution in [2.75, 3.05) is 0 Å². The Hall–Kier alpha value is -2.04. The molecule has 18 heavy (non-hydrogen) atoms. The molecule has 0 unspecified atom stereocenters. The number of para-hydroxylation sites is 1. The molecule has 2 aliphatic heterocycles. The van der Waals surface area contributed by atoms with Crippen LogP contribution in [-0.4, -0.2) is 22.7 Å². The van der Waals surface area contributed by atoms with E-state index in [0.717, 1.165) is 5.56 Å². The molecule has 1 aromatic carbocycles. The van der Waals surface area contributed by atoms with Crippen molar-refractivity contribution in [2.45, 2.75) is 25.0 Å². The van der Waals surface area contributed by atoms with Crippen LogP contribution in [-0.2, 0) is 9.59 Å². The molecule has 94 valence electrons. The maximum Gasteiger partial charge on any atom is 0.316 e. The summed E-state index contributed by atoms with van der Waals surface area (Å²) in [6.45, 7) is 1.77. The Bertz CT molecular complexity index is 542. The van der Waals surface area contributed by atoms with E-state index in [0.29, 0.717) is 12.2 Å². The van der Waals surface area contributed by atoms with Crippen LogP contribution in [0.5, 0.6) is 5.75 Å². The molecule has 1 aromatic rings. The molecule has 0 spiro atoms. The van der Waals surface area contributed by atoms with Gasteiger partial charge in [-0.1, -0.05) is 18.2 Å². The number of amides is 1. The lowest BCUT2D eigenvalue weighted by atomic mass is 9.75. The second kappa shape index (κ2) is 3.48. The van der Waals surface area contributed by atoms with Gasteiger partial charge in [0.1, 0.15) is 11.7 Å². The number of piperidine rings is 1. The Balaban J connectivity index is 2.14. The minimum absolute atomic E-state index is 0.328. The third-order valence-electron chi connectivity index (χ3n) is 3.60. The second-order valence-corrected chi connectivity index (χ2v) is 4.99. The summed E-state index contributed by atoms with van der Waals surface area (Å²) in [6.07, 6.45) is 0.479. The predicted molar refractivity (Wildman–Crippen MR) is 62.1 cm³/mol. The third-order valence-corrected chi connectivity index (χ3v) is 3.60. The van der Waals surface area contributed by atoms with Crippen LogP contribution < -0.4 is 10.1 Å². The molecule has 0 aromatic heterocycles. The minimum atomic E-state index is -1.09. The zero-order valence-corrected chi connectivity index (χ0v) is 9.84. The van der Waals surface area contributed by atoms with Crippen LogP contribution in [0.4, 0.5) is 0 Å². The first-order chi connectivity index (χ1) is 8.50. The number of nitrogens with one attached hydrogen (secondary N) is 1. The highest BCUT2D eigenvalue weighted by Gasteiger charge is 2.51. The average molecular weight is 247 g/mol. The van der Waals surface area contributed by atoms with Crippen molar-refractivity contribution in [3.63, 3.8) is 0 Å². The zero-order valence-electron chi connectivity index (χ0n) is 9.84. The van der Waals surface area contributed by atoms with Gasteiger partial charge in [0.2, 0.25) is 5.91 Å². The number of aliphatic carboxylic acids is 1. The van der Waals surface area contributed by atoms with Gasteiger partial charge in [-0.25, -0.2) is 0 Å². The number of carbonyl (C=O) groups excluding carboxylic acids is 1. The predicted octanol–water partition coefficient (Wildman–Crippen LogP) is 1.10. The van der Waals surface area contributed by atoms with Crippen molar-refractivity contribution in [1.29, 1.82) is 0 Å². The molecule has 0 aliphatic carbocycles. The van der Waals surface area contributed by atoms with Crippen molar-refractivity contribution in [2.24, 2.45) is 5.92 Å². The van der Waals surface area contributed by atoms with Gasteiger partial charge in [-0.15, -0.1) is 0 Å². The van der Waals surface area contributed by atoms with Crippen molar-refractivity contribution >= 4 is 11.9 Å². The Morgan fingerprint density at radius 2 is 2.22 bits per heavy atom. The smallest absolute Gasteiger partial charge is 0.316 e. The quantitative estimate of drug-likeness (QED) is 0.729. The minimum Gasteiger partial charge on any atom is -0.481 e. The molecule has 2 aliphatic rings. The fourth-order valence-corrected chi connectivity index (χ4v) is 2.87. The van der Waals surface area contributed by atoms with Gasteiger partial charge in [-0.05, 0) is 18.6 Å². The van der Waals surface area contributed by atoms with Crippen LogP contribution in [0.3, 0.4) is 0 Å². The molecule has 0 radical (unpaired) electrons. The number of ether oxygens (including phenoxy) is 1. The summed E-state index contributed by atoms with van der Waals surface area (Å²) < 4.78 is 5.76. The highest BCUT2D eigenvalue weighted by Crippen LogP contribution is 2.46. The molecular formula is C13H13NO4. The number of rotatable bonds is 1. The fraction of sp³-hybridized carbons (Fsp3) is 0.385. The van der Waals surface area contributed by atoms with Gasteiger partial charge < -0.3 is 15.2 Å². The molecular weight excluding hydrogens is 234 g/mol. The molecule has 3 rings (SSSR count). The number of benzene rings is 1. The van der Waals surface area contributed by atoms with Crippen LogP contribution in [0.25, 0.3) is 0 Å². The van der Waals surface area contributed by atoms with E-state index in [1.54, 1.807) is 13.0 Å². The van der Waals surface area contributed by atoms with Gasteiger partial charge in [-0.2, -0.15) is 0 Å². The SMILES string of the molecule is C[C@@]12C[C@H](c3ccccc3O1)[C@H](C(=O)O)C(=O)N2. The lowest BCUT2D eigenvalue weighted by Crippen LogP contribution is -2.61. The number of carboxylic acids is 1. The molecule has 3 atom stereocenters. The first-order valence-electron chi connectivity index (χ1n) is 5.83. The summed E-state index contributed by atoms with van der Waals surface area (Å²) in [5.74, 6) is -2.27. The van der Waals surface area contributed by atoms with Crippen LogP contribution >= 0.6 is 0 Å². The van der Waals surface area contributed by atoms with Crippen LogP contribution in [0.2, 0.25) is 0 Å². The van der Waals surface area contributed by atoms with Crippen LogP contribution in [0.15, 0.2) is 24.3 Å². The maximum absolute atomic E-state index is 11.9. The molecule has 1 fully saturated rings. The van der Waals surface area contributed by atoms with Crippen molar-refractivity contribution < 1.29 is 19.4 Å². The van der Waals surface area contributed by atoms with E-state index in [1.807, 2.05) is 18.2 Å². The van der Waals surface area contributed by atoms with Gasteiger partial charge in [0.25, 0.3) is 0 Å². The lowest BCUT2D eigenvalue weighted by Gasteiger charge is -2.46. The van der Waals surface area contributed by atoms with Crippen LogP contribution in [0, 0.1) is 5.92 Å². The van der Waals surface area contributed by atoms with E-state index in [1.165, 1.54) is 0 Å². The molecule has 2 N–H and O–H groups in total. The summed E-state index contributed by atoms with van der Waals surface area (Å²) >= 11 is 0. The summed E-state index contributed by atoms with van der Waals surface area (Å²) in [4.78, 5) is 23.2. The summed E-state index contributed by atoms with van der Waals surface area (Å²) in [5, 5.41) is 11.9. The Morgan fingerprint density at radius 1 is 1.50 bits per heavy atom. The summed E-state index contributed by atoms with van der Waals surface area (Å²) in [7, 11) is 0. The van der Waals surface area contributed by atoms with E-state index in [9.17, 15) is 14.7 Å². The molecule has 0 saturated carbocycles. The topological polar surface area (TPSA) is 75.6 Å². The van der Waals surface area contributed by atoms with Crippen molar-refractivity contribution in [1.82, 2.24) is 5.32 Å². The molecule has 1 amide bonds. The van der Waals surface area contributed by atoms with E-state index in [2.05, 4.69) is 5.32 Å². The fourth-order valence-electron chi connectivity index (χ4n) is 2.87. The largest absolute Gasteiger partial charge is 0.481 e. The Labute approximate surface area is 104 Å². The molecule has 5 heteroatoms.